The minimum absolute atomic E-state index is 0.599. The summed E-state index contributed by atoms with van der Waals surface area (Å²) in [5.74, 6) is 1.82. The molecule has 1 aromatic rings. The van der Waals surface area contributed by atoms with Crippen molar-refractivity contribution in [2.45, 2.75) is 46.1 Å². The van der Waals surface area contributed by atoms with Crippen LogP contribution in [0, 0.1) is 5.92 Å². The maximum atomic E-state index is 4.25. The molecule has 16 heavy (non-hydrogen) atoms. The molecule has 0 bridgehead atoms. The molecule has 0 spiro atoms. The molecule has 1 atom stereocenters. The molecule has 1 rings (SSSR count). The molecule has 0 radical (unpaired) electrons. The third-order valence-electron chi connectivity index (χ3n) is 2.77. The molecule has 0 aliphatic rings. The van der Waals surface area contributed by atoms with E-state index in [0.29, 0.717) is 6.04 Å². The molecule has 1 heterocycles. The van der Waals surface area contributed by atoms with Crippen LogP contribution in [0.15, 0.2) is 6.33 Å². The van der Waals surface area contributed by atoms with Crippen LogP contribution in [0.5, 0.6) is 0 Å². The number of hydrogen-bond donors (Lipinski definition) is 1. The van der Waals surface area contributed by atoms with Crippen molar-refractivity contribution in [1.82, 2.24) is 20.1 Å². The minimum atomic E-state index is 0.599. The molecule has 4 heteroatoms. The largest absolute Gasteiger partial charge is 0.314 e. The smallest absolute Gasteiger partial charge is 0.138 e. The molecule has 1 unspecified atom stereocenters. The number of aryl methyl sites for hydroxylation is 2. The van der Waals surface area contributed by atoms with Gasteiger partial charge in [-0.05, 0) is 25.3 Å². The molecule has 0 saturated heterocycles. The fourth-order valence-electron chi connectivity index (χ4n) is 2.01. The van der Waals surface area contributed by atoms with Crippen molar-refractivity contribution >= 4 is 0 Å². The molecule has 1 N–H and O–H groups in total. The SMILES string of the molecule is CCNC(CCc1ncnn1C)CC(C)C. The lowest BCUT2D eigenvalue weighted by atomic mass is 9.99. The fraction of sp³-hybridized carbons (Fsp3) is 0.833. The summed E-state index contributed by atoms with van der Waals surface area (Å²) in [6, 6.07) is 0.599. The Labute approximate surface area is 98.5 Å². The van der Waals surface area contributed by atoms with Gasteiger partial charge in [0, 0.05) is 19.5 Å². The first-order chi connectivity index (χ1) is 7.63. The highest BCUT2D eigenvalue weighted by Gasteiger charge is 2.11. The molecule has 0 aliphatic carbocycles. The van der Waals surface area contributed by atoms with Crippen molar-refractivity contribution in [3.05, 3.63) is 12.2 Å². The molecule has 0 aromatic carbocycles. The van der Waals surface area contributed by atoms with Crippen molar-refractivity contribution in [3.8, 4) is 0 Å². The van der Waals surface area contributed by atoms with Crippen molar-refractivity contribution in [2.75, 3.05) is 6.54 Å². The number of rotatable bonds is 7. The topological polar surface area (TPSA) is 42.7 Å². The molecule has 0 fully saturated rings. The predicted molar refractivity (Wildman–Crippen MR) is 66.2 cm³/mol. The second kappa shape index (κ2) is 6.63. The Morgan fingerprint density at radius 1 is 1.44 bits per heavy atom. The molecule has 92 valence electrons. The lowest BCUT2D eigenvalue weighted by Crippen LogP contribution is -2.31. The van der Waals surface area contributed by atoms with Gasteiger partial charge in [-0.15, -0.1) is 0 Å². The maximum Gasteiger partial charge on any atom is 0.138 e. The van der Waals surface area contributed by atoms with Crippen LogP contribution in [0.1, 0.15) is 39.4 Å². The summed E-state index contributed by atoms with van der Waals surface area (Å²) in [4.78, 5) is 4.25. The van der Waals surface area contributed by atoms with Crippen molar-refractivity contribution in [2.24, 2.45) is 13.0 Å². The van der Waals surface area contributed by atoms with E-state index in [9.17, 15) is 0 Å². The van der Waals surface area contributed by atoms with Gasteiger partial charge in [0.2, 0.25) is 0 Å². The normalized spacial score (nSPS) is 13.3. The summed E-state index contributed by atoms with van der Waals surface area (Å²) in [5, 5.41) is 7.63. The highest BCUT2D eigenvalue weighted by Crippen LogP contribution is 2.10. The Morgan fingerprint density at radius 2 is 2.19 bits per heavy atom. The van der Waals surface area contributed by atoms with E-state index in [1.165, 1.54) is 6.42 Å². The molecular formula is C12H24N4. The average molecular weight is 224 g/mol. The number of hydrogen-bond acceptors (Lipinski definition) is 3. The first-order valence-corrected chi connectivity index (χ1v) is 6.19. The zero-order chi connectivity index (χ0) is 12.0. The van der Waals surface area contributed by atoms with Crippen LogP contribution in [0.25, 0.3) is 0 Å². The Kier molecular flexibility index (Phi) is 5.46. The van der Waals surface area contributed by atoms with E-state index in [1.54, 1.807) is 6.33 Å². The summed E-state index contributed by atoms with van der Waals surface area (Å²) in [7, 11) is 1.95. The Bertz CT molecular complexity index is 293. The third kappa shape index (κ3) is 4.31. The Hall–Kier alpha value is -0.900. The van der Waals surface area contributed by atoms with Crippen LogP contribution in [0.2, 0.25) is 0 Å². The summed E-state index contributed by atoms with van der Waals surface area (Å²) >= 11 is 0. The van der Waals surface area contributed by atoms with Gasteiger partial charge in [-0.25, -0.2) is 4.98 Å². The van der Waals surface area contributed by atoms with Crippen LogP contribution in [-0.2, 0) is 13.5 Å². The zero-order valence-electron chi connectivity index (χ0n) is 10.9. The van der Waals surface area contributed by atoms with Crippen LogP contribution >= 0.6 is 0 Å². The predicted octanol–water partition coefficient (Wildman–Crippen LogP) is 1.77. The van der Waals surface area contributed by atoms with E-state index >= 15 is 0 Å². The maximum absolute atomic E-state index is 4.25. The molecule has 0 aliphatic heterocycles. The van der Waals surface area contributed by atoms with E-state index < -0.39 is 0 Å². The Balaban J connectivity index is 2.40. The lowest BCUT2D eigenvalue weighted by molar-refractivity contribution is 0.401. The zero-order valence-corrected chi connectivity index (χ0v) is 10.9. The molecule has 1 aromatic heterocycles. The van der Waals surface area contributed by atoms with E-state index in [0.717, 1.165) is 31.1 Å². The van der Waals surface area contributed by atoms with E-state index in [2.05, 4.69) is 36.2 Å². The Morgan fingerprint density at radius 3 is 2.69 bits per heavy atom. The molecule has 0 saturated carbocycles. The number of aromatic nitrogens is 3. The minimum Gasteiger partial charge on any atom is -0.314 e. The summed E-state index contributed by atoms with van der Waals surface area (Å²) in [6.07, 6.45) is 4.99. The standard InChI is InChI=1S/C12H24N4/c1-5-13-11(8-10(2)3)6-7-12-14-9-15-16(12)4/h9-11,13H,5-8H2,1-4H3. The van der Waals surface area contributed by atoms with Gasteiger partial charge in [0.25, 0.3) is 0 Å². The van der Waals surface area contributed by atoms with Gasteiger partial charge < -0.3 is 5.32 Å². The van der Waals surface area contributed by atoms with Gasteiger partial charge >= 0.3 is 0 Å². The monoisotopic (exact) mass is 224 g/mol. The van der Waals surface area contributed by atoms with Crippen LogP contribution in [0.3, 0.4) is 0 Å². The highest BCUT2D eigenvalue weighted by molar-refractivity contribution is 4.85. The quantitative estimate of drug-likeness (QED) is 0.767. The van der Waals surface area contributed by atoms with Crippen LogP contribution in [0.4, 0.5) is 0 Å². The van der Waals surface area contributed by atoms with Crippen molar-refractivity contribution in [1.29, 1.82) is 0 Å². The van der Waals surface area contributed by atoms with Crippen molar-refractivity contribution in [3.63, 3.8) is 0 Å². The van der Waals surface area contributed by atoms with Gasteiger partial charge in [-0.1, -0.05) is 20.8 Å². The number of nitrogens with one attached hydrogen (secondary N) is 1. The first kappa shape index (κ1) is 13.2. The highest BCUT2D eigenvalue weighted by atomic mass is 15.3. The van der Waals surface area contributed by atoms with Gasteiger partial charge in [0.1, 0.15) is 12.2 Å². The number of nitrogens with zero attached hydrogens (tertiary/aromatic N) is 3. The molecule has 4 nitrogen and oxygen atoms in total. The second-order valence-corrected chi connectivity index (χ2v) is 4.72. The summed E-state index contributed by atoms with van der Waals surface area (Å²) in [6.45, 7) is 7.74. The van der Waals surface area contributed by atoms with Gasteiger partial charge in [0.15, 0.2) is 0 Å². The first-order valence-electron chi connectivity index (χ1n) is 6.19. The van der Waals surface area contributed by atoms with E-state index in [1.807, 2.05) is 11.7 Å². The molecule has 0 amide bonds. The van der Waals surface area contributed by atoms with E-state index in [4.69, 9.17) is 0 Å². The summed E-state index contributed by atoms with van der Waals surface area (Å²) in [5.41, 5.74) is 0. The van der Waals surface area contributed by atoms with Crippen molar-refractivity contribution < 1.29 is 0 Å². The van der Waals surface area contributed by atoms with Crippen LogP contribution < -0.4 is 5.32 Å². The summed E-state index contributed by atoms with van der Waals surface area (Å²) < 4.78 is 1.86. The van der Waals surface area contributed by atoms with Gasteiger partial charge in [-0.3, -0.25) is 4.68 Å². The molecular weight excluding hydrogens is 200 g/mol. The van der Waals surface area contributed by atoms with Crippen LogP contribution in [-0.4, -0.2) is 27.4 Å². The van der Waals surface area contributed by atoms with Gasteiger partial charge in [-0.2, -0.15) is 5.10 Å². The second-order valence-electron chi connectivity index (χ2n) is 4.72. The fourth-order valence-corrected chi connectivity index (χ4v) is 2.01. The average Bonchev–Trinajstić information content (AvgIpc) is 2.60. The lowest BCUT2D eigenvalue weighted by Gasteiger charge is -2.19. The van der Waals surface area contributed by atoms with Gasteiger partial charge in [0.05, 0.1) is 0 Å². The third-order valence-corrected chi connectivity index (χ3v) is 2.77. The van der Waals surface area contributed by atoms with E-state index in [-0.39, 0.29) is 0 Å².